The summed E-state index contributed by atoms with van der Waals surface area (Å²) < 4.78 is 2.61. The van der Waals surface area contributed by atoms with Crippen LogP contribution in [0.3, 0.4) is 0 Å². The molecule has 1 aliphatic heterocycles. The molecule has 0 amide bonds. The lowest BCUT2D eigenvalue weighted by molar-refractivity contribution is 0.230. The Labute approximate surface area is 123 Å². The number of fused-ring (bicyclic) bond motifs is 1. The molecule has 0 radical (unpaired) electrons. The van der Waals surface area contributed by atoms with Gasteiger partial charge in [-0.2, -0.15) is 0 Å². The second-order valence-electron chi connectivity index (χ2n) is 7.09. The van der Waals surface area contributed by atoms with Crippen LogP contribution in [0.4, 0.5) is 0 Å². The SMILES string of the molecule is CCC1(Cn2c(C(C)C)nc3c2CCNC3)CCCC1. The molecule has 0 aromatic carbocycles. The van der Waals surface area contributed by atoms with E-state index in [-0.39, 0.29) is 0 Å². The minimum Gasteiger partial charge on any atom is -0.331 e. The summed E-state index contributed by atoms with van der Waals surface area (Å²) in [5.74, 6) is 1.84. The maximum absolute atomic E-state index is 4.96. The molecule has 112 valence electrons. The number of nitrogens with zero attached hydrogens (tertiary/aromatic N) is 2. The van der Waals surface area contributed by atoms with E-state index in [1.165, 1.54) is 55.9 Å². The summed E-state index contributed by atoms with van der Waals surface area (Å²) in [6.07, 6.45) is 8.12. The van der Waals surface area contributed by atoms with E-state index >= 15 is 0 Å². The normalized spacial score (nSPS) is 21.4. The van der Waals surface area contributed by atoms with Crippen molar-refractivity contribution in [1.29, 1.82) is 0 Å². The zero-order chi connectivity index (χ0) is 14.2. The summed E-state index contributed by atoms with van der Waals surface area (Å²) in [4.78, 5) is 4.96. The molecular weight excluding hydrogens is 246 g/mol. The first-order chi connectivity index (χ1) is 9.65. The molecule has 0 bridgehead atoms. The van der Waals surface area contributed by atoms with E-state index in [2.05, 4.69) is 30.7 Å². The van der Waals surface area contributed by atoms with Crippen LogP contribution in [0.1, 0.15) is 76.0 Å². The smallest absolute Gasteiger partial charge is 0.111 e. The standard InChI is InChI=1S/C17H29N3/c1-4-17(8-5-6-9-17)12-20-15-7-10-18-11-14(15)19-16(20)13(2)3/h13,18H,4-12H2,1-3H3. The van der Waals surface area contributed by atoms with E-state index in [9.17, 15) is 0 Å². The van der Waals surface area contributed by atoms with Gasteiger partial charge in [-0.05, 0) is 24.7 Å². The predicted molar refractivity (Wildman–Crippen MR) is 82.9 cm³/mol. The highest BCUT2D eigenvalue weighted by Gasteiger charge is 2.34. The summed E-state index contributed by atoms with van der Waals surface area (Å²) in [6.45, 7) is 10.2. The van der Waals surface area contributed by atoms with E-state index in [1.54, 1.807) is 0 Å². The van der Waals surface area contributed by atoms with Crippen LogP contribution in [0.5, 0.6) is 0 Å². The lowest BCUT2D eigenvalue weighted by Crippen LogP contribution is -2.29. The minimum absolute atomic E-state index is 0.524. The molecular formula is C17H29N3. The van der Waals surface area contributed by atoms with E-state index in [0.29, 0.717) is 11.3 Å². The van der Waals surface area contributed by atoms with Crippen molar-refractivity contribution in [2.45, 2.75) is 78.3 Å². The molecule has 0 saturated heterocycles. The Balaban J connectivity index is 1.96. The second-order valence-corrected chi connectivity index (χ2v) is 7.09. The predicted octanol–water partition coefficient (Wildman–Crippen LogP) is 3.62. The van der Waals surface area contributed by atoms with Crippen molar-refractivity contribution in [2.75, 3.05) is 6.54 Å². The second kappa shape index (κ2) is 5.51. The Morgan fingerprint density at radius 1 is 1.30 bits per heavy atom. The molecule has 1 aromatic heterocycles. The molecule has 3 rings (SSSR count). The van der Waals surface area contributed by atoms with Crippen molar-refractivity contribution in [3.8, 4) is 0 Å². The third-order valence-corrected chi connectivity index (χ3v) is 5.44. The van der Waals surface area contributed by atoms with E-state index in [0.717, 1.165) is 19.5 Å². The zero-order valence-electron chi connectivity index (χ0n) is 13.3. The van der Waals surface area contributed by atoms with E-state index in [1.807, 2.05) is 0 Å². The monoisotopic (exact) mass is 275 g/mol. The van der Waals surface area contributed by atoms with Crippen LogP contribution in [-0.4, -0.2) is 16.1 Å². The van der Waals surface area contributed by atoms with E-state index < -0.39 is 0 Å². The van der Waals surface area contributed by atoms with Crippen molar-refractivity contribution >= 4 is 0 Å². The van der Waals surface area contributed by atoms with Gasteiger partial charge in [-0.15, -0.1) is 0 Å². The Kier molecular flexibility index (Phi) is 3.89. The highest BCUT2D eigenvalue weighted by Crippen LogP contribution is 2.43. The van der Waals surface area contributed by atoms with Crippen molar-refractivity contribution in [3.05, 3.63) is 17.2 Å². The number of hydrogen-bond donors (Lipinski definition) is 1. The highest BCUT2D eigenvalue weighted by atomic mass is 15.1. The van der Waals surface area contributed by atoms with E-state index in [4.69, 9.17) is 4.98 Å². The average molecular weight is 275 g/mol. The summed E-state index contributed by atoms with van der Waals surface area (Å²) in [5, 5.41) is 3.46. The molecule has 0 unspecified atom stereocenters. The van der Waals surface area contributed by atoms with Crippen LogP contribution in [0, 0.1) is 5.41 Å². The van der Waals surface area contributed by atoms with Crippen molar-refractivity contribution in [3.63, 3.8) is 0 Å². The summed E-state index contributed by atoms with van der Waals surface area (Å²) in [6, 6.07) is 0. The molecule has 2 aliphatic rings. The average Bonchev–Trinajstić information content (AvgIpc) is 3.05. The molecule has 1 N–H and O–H groups in total. The fourth-order valence-corrected chi connectivity index (χ4v) is 4.09. The first-order valence-electron chi connectivity index (χ1n) is 8.44. The van der Waals surface area contributed by atoms with Gasteiger partial charge in [0.1, 0.15) is 5.82 Å². The Morgan fingerprint density at radius 3 is 2.70 bits per heavy atom. The van der Waals surface area contributed by atoms with Gasteiger partial charge in [-0.1, -0.05) is 33.6 Å². The molecule has 1 saturated carbocycles. The quantitative estimate of drug-likeness (QED) is 0.909. The van der Waals surface area contributed by atoms with Crippen LogP contribution in [0.25, 0.3) is 0 Å². The van der Waals surface area contributed by atoms with Crippen molar-refractivity contribution in [1.82, 2.24) is 14.9 Å². The third-order valence-electron chi connectivity index (χ3n) is 5.44. The fraction of sp³-hybridized carbons (Fsp3) is 0.824. The maximum Gasteiger partial charge on any atom is 0.111 e. The topological polar surface area (TPSA) is 29.9 Å². The number of aromatic nitrogens is 2. The molecule has 1 aliphatic carbocycles. The van der Waals surface area contributed by atoms with Gasteiger partial charge >= 0.3 is 0 Å². The van der Waals surface area contributed by atoms with Gasteiger partial charge in [-0.3, -0.25) is 0 Å². The molecule has 3 nitrogen and oxygen atoms in total. The first-order valence-corrected chi connectivity index (χ1v) is 8.44. The number of hydrogen-bond acceptors (Lipinski definition) is 2. The van der Waals surface area contributed by atoms with Gasteiger partial charge in [-0.25, -0.2) is 4.98 Å². The number of rotatable bonds is 4. The van der Waals surface area contributed by atoms with Crippen LogP contribution in [0.2, 0.25) is 0 Å². The minimum atomic E-state index is 0.524. The maximum atomic E-state index is 4.96. The van der Waals surface area contributed by atoms with Crippen molar-refractivity contribution < 1.29 is 0 Å². The number of imidazole rings is 1. The first kappa shape index (κ1) is 14.1. The summed E-state index contributed by atoms with van der Waals surface area (Å²) in [7, 11) is 0. The largest absolute Gasteiger partial charge is 0.331 e. The van der Waals surface area contributed by atoms with Crippen molar-refractivity contribution in [2.24, 2.45) is 5.41 Å². The molecule has 1 aromatic rings. The third kappa shape index (κ3) is 2.41. The Morgan fingerprint density at radius 2 is 2.05 bits per heavy atom. The highest BCUT2D eigenvalue weighted by molar-refractivity contribution is 5.22. The Hall–Kier alpha value is -0.830. The molecule has 0 atom stereocenters. The van der Waals surface area contributed by atoms with Gasteiger partial charge in [0.2, 0.25) is 0 Å². The number of nitrogens with one attached hydrogen (secondary N) is 1. The van der Waals surface area contributed by atoms with Crippen LogP contribution < -0.4 is 5.32 Å². The molecule has 2 heterocycles. The lowest BCUT2D eigenvalue weighted by Gasteiger charge is -2.30. The van der Waals surface area contributed by atoms with Gasteiger partial charge in [0.15, 0.2) is 0 Å². The summed E-state index contributed by atoms with van der Waals surface area (Å²) in [5.41, 5.74) is 3.37. The molecule has 3 heteroatoms. The molecule has 1 fully saturated rings. The summed E-state index contributed by atoms with van der Waals surface area (Å²) >= 11 is 0. The van der Waals surface area contributed by atoms with Gasteiger partial charge in [0, 0.05) is 37.7 Å². The molecule has 20 heavy (non-hydrogen) atoms. The molecule has 0 spiro atoms. The van der Waals surface area contributed by atoms with Gasteiger partial charge < -0.3 is 9.88 Å². The fourth-order valence-electron chi connectivity index (χ4n) is 4.09. The lowest BCUT2D eigenvalue weighted by atomic mass is 9.83. The van der Waals surface area contributed by atoms with Gasteiger partial charge in [0.05, 0.1) is 5.69 Å². The van der Waals surface area contributed by atoms with Crippen LogP contribution in [-0.2, 0) is 19.5 Å². The van der Waals surface area contributed by atoms with Crippen LogP contribution >= 0.6 is 0 Å². The van der Waals surface area contributed by atoms with Gasteiger partial charge in [0.25, 0.3) is 0 Å². The zero-order valence-corrected chi connectivity index (χ0v) is 13.3. The Bertz CT molecular complexity index is 467. The van der Waals surface area contributed by atoms with Crippen LogP contribution in [0.15, 0.2) is 0 Å².